The summed E-state index contributed by atoms with van der Waals surface area (Å²) in [6.45, 7) is 2.39. The minimum absolute atomic E-state index is 0.0872. The van der Waals surface area contributed by atoms with Gasteiger partial charge in [0.05, 0.1) is 12.7 Å². The molecule has 1 aromatic carbocycles. The Labute approximate surface area is 132 Å². The highest BCUT2D eigenvalue weighted by Crippen LogP contribution is 2.26. The van der Waals surface area contributed by atoms with Crippen LogP contribution in [0.3, 0.4) is 0 Å². The molecule has 0 aliphatic carbocycles. The smallest absolute Gasteiger partial charge is 0.253 e. The maximum Gasteiger partial charge on any atom is 0.253 e. The fraction of sp³-hybridized carbons (Fsp3) is 0.611. The van der Waals surface area contributed by atoms with Crippen LogP contribution in [-0.4, -0.2) is 43.7 Å². The highest BCUT2D eigenvalue weighted by atomic mass is 16.5. The van der Waals surface area contributed by atoms with Crippen molar-refractivity contribution in [2.75, 3.05) is 26.8 Å². The zero-order valence-electron chi connectivity index (χ0n) is 13.3. The van der Waals surface area contributed by atoms with Crippen molar-refractivity contribution in [3.8, 4) is 5.75 Å². The number of ether oxygens (including phenoxy) is 2. The van der Waals surface area contributed by atoms with Gasteiger partial charge in [0.15, 0.2) is 0 Å². The molecule has 1 fully saturated rings. The van der Waals surface area contributed by atoms with E-state index in [4.69, 9.17) is 9.47 Å². The van der Waals surface area contributed by atoms with Crippen LogP contribution in [0.1, 0.15) is 48.0 Å². The van der Waals surface area contributed by atoms with Crippen LogP contribution >= 0.6 is 0 Å². The molecule has 2 aliphatic rings. The van der Waals surface area contributed by atoms with Gasteiger partial charge in [-0.25, -0.2) is 0 Å². The molecule has 0 radical (unpaired) electrons. The number of amides is 1. The zero-order chi connectivity index (χ0) is 15.4. The first kappa shape index (κ1) is 15.3. The number of rotatable bonds is 4. The molecule has 1 aromatic rings. The first-order valence-corrected chi connectivity index (χ1v) is 8.37. The molecule has 0 bridgehead atoms. The molecular weight excluding hydrogens is 278 g/mol. The summed E-state index contributed by atoms with van der Waals surface area (Å²) in [7, 11) is 1.88. The monoisotopic (exact) mass is 303 g/mol. The lowest BCUT2D eigenvalue weighted by molar-refractivity contribution is 0.00709. The van der Waals surface area contributed by atoms with Gasteiger partial charge >= 0.3 is 0 Å². The SMILES string of the molecule is CN(CC[C@H]1CCCCO1)C(=O)c1ccc2c(c1)CCCO2. The van der Waals surface area contributed by atoms with Crippen LogP contribution in [0.15, 0.2) is 18.2 Å². The number of benzene rings is 1. The lowest BCUT2D eigenvalue weighted by atomic mass is 10.0. The number of carbonyl (C=O) groups excluding carboxylic acids is 1. The molecule has 4 nitrogen and oxygen atoms in total. The van der Waals surface area contributed by atoms with Gasteiger partial charge in [0, 0.05) is 25.8 Å². The van der Waals surface area contributed by atoms with Gasteiger partial charge in [-0.15, -0.1) is 0 Å². The highest BCUT2D eigenvalue weighted by Gasteiger charge is 2.19. The summed E-state index contributed by atoms with van der Waals surface area (Å²) in [6.07, 6.45) is 6.81. The first-order valence-electron chi connectivity index (χ1n) is 8.37. The first-order chi connectivity index (χ1) is 10.7. The predicted octanol–water partition coefficient (Wildman–Crippen LogP) is 3.04. The van der Waals surface area contributed by atoms with Crippen molar-refractivity contribution in [3.05, 3.63) is 29.3 Å². The molecule has 0 spiro atoms. The summed E-state index contributed by atoms with van der Waals surface area (Å²) < 4.78 is 11.3. The summed E-state index contributed by atoms with van der Waals surface area (Å²) in [5.41, 5.74) is 1.91. The van der Waals surface area contributed by atoms with Crippen LogP contribution in [-0.2, 0) is 11.2 Å². The van der Waals surface area contributed by atoms with E-state index in [0.29, 0.717) is 6.10 Å². The molecule has 22 heavy (non-hydrogen) atoms. The van der Waals surface area contributed by atoms with Gasteiger partial charge in [0.25, 0.3) is 5.91 Å². The van der Waals surface area contributed by atoms with E-state index in [1.165, 1.54) is 12.8 Å². The van der Waals surface area contributed by atoms with Gasteiger partial charge in [0.1, 0.15) is 5.75 Å². The van der Waals surface area contributed by atoms with E-state index in [0.717, 1.165) is 62.3 Å². The van der Waals surface area contributed by atoms with Crippen LogP contribution in [0, 0.1) is 0 Å². The van der Waals surface area contributed by atoms with Crippen molar-refractivity contribution < 1.29 is 14.3 Å². The quantitative estimate of drug-likeness (QED) is 0.858. The van der Waals surface area contributed by atoms with Crippen molar-refractivity contribution in [1.29, 1.82) is 0 Å². The maximum atomic E-state index is 12.5. The van der Waals surface area contributed by atoms with Crippen molar-refractivity contribution in [1.82, 2.24) is 4.90 Å². The van der Waals surface area contributed by atoms with E-state index in [-0.39, 0.29) is 5.91 Å². The number of hydrogen-bond acceptors (Lipinski definition) is 3. The molecule has 0 unspecified atom stereocenters. The van der Waals surface area contributed by atoms with Gasteiger partial charge < -0.3 is 14.4 Å². The minimum atomic E-state index is 0.0872. The molecule has 0 saturated carbocycles. The van der Waals surface area contributed by atoms with E-state index in [1.54, 1.807) is 0 Å². The zero-order valence-corrected chi connectivity index (χ0v) is 13.3. The van der Waals surface area contributed by atoms with Crippen LogP contribution in [0.4, 0.5) is 0 Å². The van der Waals surface area contributed by atoms with Gasteiger partial charge in [-0.1, -0.05) is 0 Å². The summed E-state index contributed by atoms with van der Waals surface area (Å²) in [5, 5.41) is 0. The van der Waals surface area contributed by atoms with Crippen molar-refractivity contribution >= 4 is 5.91 Å². The minimum Gasteiger partial charge on any atom is -0.493 e. The van der Waals surface area contributed by atoms with Crippen molar-refractivity contribution in [2.45, 2.75) is 44.6 Å². The number of carbonyl (C=O) groups is 1. The molecule has 1 amide bonds. The third-order valence-electron chi connectivity index (χ3n) is 4.56. The third kappa shape index (κ3) is 3.61. The van der Waals surface area contributed by atoms with Crippen LogP contribution in [0.2, 0.25) is 0 Å². The Morgan fingerprint density at radius 2 is 2.18 bits per heavy atom. The van der Waals surface area contributed by atoms with Gasteiger partial charge in [-0.05, 0) is 62.3 Å². The van der Waals surface area contributed by atoms with Crippen molar-refractivity contribution in [3.63, 3.8) is 0 Å². The number of nitrogens with zero attached hydrogens (tertiary/aromatic N) is 1. The molecule has 1 atom stereocenters. The van der Waals surface area contributed by atoms with E-state index >= 15 is 0 Å². The van der Waals surface area contributed by atoms with Crippen molar-refractivity contribution in [2.24, 2.45) is 0 Å². The molecule has 3 rings (SSSR count). The Hall–Kier alpha value is -1.55. The van der Waals surface area contributed by atoms with E-state index in [9.17, 15) is 4.79 Å². The fourth-order valence-electron chi connectivity index (χ4n) is 3.19. The number of hydrogen-bond donors (Lipinski definition) is 0. The van der Waals surface area contributed by atoms with Gasteiger partial charge in [-0.3, -0.25) is 4.79 Å². The average Bonchev–Trinajstić information content (AvgIpc) is 2.59. The standard InChI is InChI=1S/C18H25NO3/c1-19(10-9-16-6-2-3-11-21-16)18(20)15-7-8-17-14(13-15)5-4-12-22-17/h7-8,13,16H,2-6,9-12H2,1H3/t16-/m1/s1. The number of fused-ring (bicyclic) bond motifs is 1. The molecule has 1 saturated heterocycles. The van der Waals surface area contributed by atoms with E-state index in [1.807, 2.05) is 30.1 Å². The Kier molecular flexibility index (Phi) is 4.98. The van der Waals surface area contributed by atoms with E-state index in [2.05, 4.69) is 0 Å². The second-order valence-electron chi connectivity index (χ2n) is 6.28. The highest BCUT2D eigenvalue weighted by molar-refractivity contribution is 5.94. The van der Waals surface area contributed by atoms with Gasteiger partial charge in [-0.2, -0.15) is 0 Å². The molecule has 0 N–H and O–H groups in total. The van der Waals surface area contributed by atoms with Crippen LogP contribution < -0.4 is 4.74 Å². The molecule has 4 heteroatoms. The van der Waals surface area contributed by atoms with Crippen LogP contribution in [0.5, 0.6) is 5.75 Å². The molecule has 120 valence electrons. The Bertz CT molecular complexity index is 523. The summed E-state index contributed by atoms with van der Waals surface area (Å²) in [5.74, 6) is 1.02. The summed E-state index contributed by atoms with van der Waals surface area (Å²) in [4.78, 5) is 14.4. The maximum absolute atomic E-state index is 12.5. The summed E-state index contributed by atoms with van der Waals surface area (Å²) >= 11 is 0. The Balaban J connectivity index is 1.57. The molecular formula is C18H25NO3. The third-order valence-corrected chi connectivity index (χ3v) is 4.56. The lowest BCUT2D eigenvalue weighted by Gasteiger charge is -2.25. The van der Waals surface area contributed by atoms with E-state index < -0.39 is 0 Å². The second-order valence-corrected chi connectivity index (χ2v) is 6.28. The Morgan fingerprint density at radius 3 is 3.00 bits per heavy atom. The number of aryl methyl sites for hydroxylation is 1. The molecule has 2 heterocycles. The predicted molar refractivity (Wildman–Crippen MR) is 85.4 cm³/mol. The lowest BCUT2D eigenvalue weighted by Crippen LogP contribution is -2.31. The summed E-state index contributed by atoms with van der Waals surface area (Å²) in [6, 6.07) is 5.80. The largest absolute Gasteiger partial charge is 0.493 e. The molecule has 0 aromatic heterocycles. The van der Waals surface area contributed by atoms with Gasteiger partial charge in [0.2, 0.25) is 0 Å². The second kappa shape index (κ2) is 7.14. The molecule has 2 aliphatic heterocycles. The fourth-order valence-corrected chi connectivity index (χ4v) is 3.19. The average molecular weight is 303 g/mol. The normalized spacial score (nSPS) is 20.9. The Morgan fingerprint density at radius 1 is 1.27 bits per heavy atom. The van der Waals surface area contributed by atoms with Crippen LogP contribution in [0.25, 0.3) is 0 Å². The topological polar surface area (TPSA) is 38.8 Å².